The molecule has 0 atom stereocenters. The number of hydrogen-bond donors (Lipinski definition) is 0. The van der Waals surface area contributed by atoms with Gasteiger partial charge in [0.25, 0.3) is 5.91 Å². The summed E-state index contributed by atoms with van der Waals surface area (Å²) in [5, 5.41) is 0. The fraction of sp³-hybridized carbons (Fsp3) is 0.167. The number of amides is 1. The molecule has 0 bridgehead atoms. The minimum absolute atomic E-state index is 0.0273. The van der Waals surface area contributed by atoms with Gasteiger partial charge in [0.15, 0.2) is 0 Å². The second kappa shape index (κ2) is 3.48. The molecule has 3 rings (SSSR count). The lowest BCUT2D eigenvalue weighted by atomic mass is 10.2. The lowest BCUT2D eigenvalue weighted by Gasteiger charge is -2.12. The van der Waals surface area contributed by atoms with Gasteiger partial charge in [-0.05, 0) is 24.3 Å². The van der Waals surface area contributed by atoms with E-state index in [2.05, 4.69) is 4.98 Å². The van der Waals surface area contributed by atoms with Crippen molar-refractivity contribution in [2.24, 2.45) is 0 Å². The molecule has 80 valence electrons. The van der Waals surface area contributed by atoms with E-state index in [9.17, 15) is 4.79 Å². The van der Waals surface area contributed by atoms with Crippen LogP contribution in [0.15, 0.2) is 41.1 Å². The zero-order valence-electron chi connectivity index (χ0n) is 8.59. The van der Waals surface area contributed by atoms with E-state index in [1.165, 1.54) is 0 Å². The molecule has 1 amide bonds. The Bertz CT molecular complexity index is 518. The Morgan fingerprint density at radius 3 is 3.06 bits per heavy atom. The monoisotopic (exact) mass is 214 g/mol. The van der Waals surface area contributed by atoms with Crippen LogP contribution in [0.4, 0.5) is 0 Å². The highest BCUT2D eigenvalue weighted by Gasteiger charge is 2.28. The Balaban J connectivity index is 1.85. The number of carbonyl (C=O) groups excluding carboxylic acids is 1. The zero-order chi connectivity index (χ0) is 11.0. The van der Waals surface area contributed by atoms with Crippen molar-refractivity contribution in [1.82, 2.24) is 9.88 Å². The van der Waals surface area contributed by atoms with Gasteiger partial charge in [0.2, 0.25) is 0 Å². The van der Waals surface area contributed by atoms with Crippen molar-refractivity contribution in [3.05, 3.63) is 53.7 Å². The maximum absolute atomic E-state index is 12.0. The Morgan fingerprint density at radius 1 is 1.38 bits per heavy atom. The molecule has 2 aromatic heterocycles. The molecule has 16 heavy (non-hydrogen) atoms. The van der Waals surface area contributed by atoms with Crippen molar-refractivity contribution in [3.8, 4) is 0 Å². The molecular weight excluding hydrogens is 204 g/mol. The van der Waals surface area contributed by atoms with Crippen LogP contribution >= 0.6 is 0 Å². The van der Waals surface area contributed by atoms with Crippen LogP contribution in [-0.2, 0) is 13.1 Å². The van der Waals surface area contributed by atoms with E-state index >= 15 is 0 Å². The molecule has 0 fully saturated rings. The Kier molecular flexibility index (Phi) is 1.99. The SMILES string of the molecule is O=C1c2cccnc2CN1Cc1ccco1. The standard InChI is InChI=1S/C12H10N2O2/c15-12-10-4-1-5-13-11(10)8-14(12)7-9-3-2-6-16-9/h1-6H,7-8H2. The third-order valence-corrected chi connectivity index (χ3v) is 2.68. The quantitative estimate of drug-likeness (QED) is 0.766. The highest BCUT2D eigenvalue weighted by atomic mass is 16.3. The van der Waals surface area contributed by atoms with Gasteiger partial charge in [0.1, 0.15) is 5.76 Å². The highest BCUT2D eigenvalue weighted by molar-refractivity contribution is 5.97. The van der Waals surface area contributed by atoms with E-state index in [0.717, 1.165) is 11.5 Å². The maximum Gasteiger partial charge on any atom is 0.256 e. The molecule has 0 saturated carbocycles. The molecule has 0 unspecified atom stereocenters. The summed E-state index contributed by atoms with van der Waals surface area (Å²) in [7, 11) is 0. The molecule has 1 aliphatic rings. The minimum atomic E-state index is 0.0273. The first-order valence-electron chi connectivity index (χ1n) is 5.10. The number of aromatic nitrogens is 1. The summed E-state index contributed by atoms with van der Waals surface area (Å²) in [4.78, 5) is 17.9. The van der Waals surface area contributed by atoms with Crippen LogP contribution in [0.2, 0.25) is 0 Å². The van der Waals surface area contributed by atoms with Gasteiger partial charge >= 0.3 is 0 Å². The molecule has 0 aliphatic carbocycles. The fourth-order valence-electron chi connectivity index (χ4n) is 1.90. The summed E-state index contributed by atoms with van der Waals surface area (Å²) in [5.41, 5.74) is 1.55. The lowest BCUT2D eigenvalue weighted by molar-refractivity contribution is 0.0755. The van der Waals surface area contributed by atoms with Crippen molar-refractivity contribution < 1.29 is 9.21 Å². The van der Waals surface area contributed by atoms with Crippen LogP contribution < -0.4 is 0 Å². The minimum Gasteiger partial charge on any atom is -0.467 e. The molecule has 0 N–H and O–H groups in total. The number of hydrogen-bond acceptors (Lipinski definition) is 3. The predicted molar refractivity (Wildman–Crippen MR) is 56.5 cm³/mol. The Morgan fingerprint density at radius 2 is 2.31 bits per heavy atom. The number of fused-ring (bicyclic) bond motifs is 1. The molecule has 1 aliphatic heterocycles. The molecule has 0 saturated heterocycles. The van der Waals surface area contributed by atoms with E-state index in [1.807, 2.05) is 18.2 Å². The molecule has 2 aromatic rings. The van der Waals surface area contributed by atoms with Gasteiger partial charge in [0, 0.05) is 6.20 Å². The van der Waals surface area contributed by atoms with Crippen molar-refractivity contribution in [2.45, 2.75) is 13.1 Å². The lowest BCUT2D eigenvalue weighted by Crippen LogP contribution is -2.22. The smallest absolute Gasteiger partial charge is 0.256 e. The van der Waals surface area contributed by atoms with Crippen LogP contribution in [-0.4, -0.2) is 15.8 Å². The number of furan rings is 1. The van der Waals surface area contributed by atoms with Gasteiger partial charge in [0.05, 0.1) is 30.6 Å². The van der Waals surface area contributed by atoms with Crippen LogP contribution in [0.3, 0.4) is 0 Å². The van der Waals surface area contributed by atoms with Crippen molar-refractivity contribution in [3.63, 3.8) is 0 Å². The van der Waals surface area contributed by atoms with Gasteiger partial charge in [-0.1, -0.05) is 0 Å². The number of pyridine rings is 1. The predicted octanol–water partition coefficient (Wildman–Crippen LogP) is 1.83. The van der Waals surface area contributed by atoms with Crippen molar-refractivity contribution in [2.75, 3.05) is 0 Å². The molecule has 0 radical (unpaired) electrons. The second-order valence-electron chi connectivity index (χ2n) is 3.74. The maximum atomic E-state index is 12.0. The molecule has 0 spiro atoms. The summed E-state index contributed by atoms with van der Waals surface area (Å²) in [5.74, 6) is 0.820. The van der Waals surface area contributed by atoms with E-state index < -0.39 is 0 Å². The first kappa shape index (κ1) is 9.15. The average molecular weight is 214 g/mol. The zero-order valence-corrected chi connectivity index (χ0v) is 8.59. The van der Waals surface area contributed by atoms with Crippen LogP contribution in [0.1, 0.15) is 21.8 Å². The first-order chi connectivity index (χ1) is 7.84. The van der Waals surface area contributed by atoms with Gasteiger partial charge < -0.3 is 9.32 Å². The van der Waals surface area contributed by atoms with E-state index in [0.29, 0.717) is 18.7 Å². The van der Waals surface area contributed by atoms with E-state index in [-0.39, 0.29) is 5.91 Å². The van der Waals surface area contributed by atoms with Gasteiger partial charge in [-0.25, -0.2) is 0 Å². The van der Waals surface area contributed by atoms with Crippen LogP contribution in [0.25, 0.3) is 0 Å². The van der Waals surface area contributed by atoms with Gasteiger partial charge in [-0.15, -0.1) is 0 Å². The molecule has 3 heterocycles. The van der Waals surface area contributed by atoms with Gasteiger partial charge in [-0.2, -0.15) is 0 Å². The Labute approximate surface area is 92.5 Å². The summed E-state index contributed by atoms with van der Waals surface area (Å²) in [6, 6.07) is 7.28. The van der Waals surface area contributed by atoms with Crippen LogP contribution in [0.5, 0.6) is 0 Å². The highest BCUT2D eigenvalue weighted by Crippen LogP contribution is 2.22. The molecule has 0 aromatic carbocycles. The molecule has 4 heteroatoms. The summed E-state index contributed by atoms with van der Waals surface area (Å²) < 4.78 is 5.23. The van der Waals surface area contributed by atoms with Crippen LogP contribution in [0, 0.1) is 0 Å². The molecular formula is C12H10N2O2. The largest absolute Gasteiger partial charge is 0.467 e. The van der Waals surface area contributed by atoms with Crippen molar-refractivity contribution in [1.29, 1.82) is 0 Å². The summed E-state index contributed by atoms with van der Waals surface area (Å²) in [6.07, 6.45) is 3.32. The third kappa shape index (κ3) is 1.39. The number of nitrogens with zero attached hydrogens (tertiary/aromatic N) is 2. The first-order valence-corrected chi connectivity index (χ1v) is 5.10. The Hall–Kier alpha value is -2.10. The van der Waals surface area contributed by atoms with E-state index in [1.54, 1.807) is 23.4 Å². The average Bonchev–Trinajstić information content (AvgIpc) is 2.90. The normalized spacial score (nSPS) is 14.2. The number of carbonyl (C=O) groups is 1. The third-order valence-electron chi connectivity index (χ3n) is 2.68. The number of rotatable bonds is 2. The summed E-state index contributed by atoms with van der Waals surface area (Å²) in [6.45, 7) is 1.07. The van der Waals surface area contributed by atoms with Crippen molar-refractivity contribution >= 4 is 5.91 Å². The van der Waals surface area contributed by atoms with Gasteiger partial charge in [-0.3, -0.25) is 9.78 Å². The summed E-state index contributed by atoms with van der Waals surface area (Å²) >= 11 is 0. The molecule has 4 nitrogen and oxygen atoms in total. The fourth-order valence-corrected chi connectivity index (χ4v) is 1.90. The van der Waals surface area contributed by atoms with E-state index in [4.69, 9.17) is 4.42 Å². The second-order valence-corrected chi connectivity index (χ2v) is 3.74. The topological polar surface area (TPSA) is 46.3 Å².